The van der Waals surface area contributed by atoms with Gasteiger partial charge in [-0.25, -0.2) is 4.79 Å². The number of halogens is 1. The highest BCUT2D eigenvalue weighted by Gasteiger charge is 2.16. The lowest BCUT2D eigenvalue weighted by molar-refractivity contribution is -0.133. The van der Waals surface area contributed by atoms with Crippen molar-refractivity contribution in [2.75, 3.05) is 13.7 Å². The van der Waals surface area contributed by atoms with Crippen LogP contribution < -0.4 is 0 Å². The van der Waals surface area contributed by atoms with Gasteiger partial charge in [-0.15, -0.1) is 11.3 Å². The van der Waals surface area contributed by atoms with Gasteiger partial charge < -0.3 is 9.64 Å². The van der Waals surface area contributed by atoms with Gasteiger partial charge in [0.2, 0.25) is 0 Å². The normalized spacial score (nSPS) is 10.4. The van der Waals surface area contributed by atoms with Crippen LogP contribution in [-0.2, 0) is 16.1 Å². The van der Waals surface area contributed by atoms with Gasteiger partial charge >= 0.3 is 5.97 Å². The minimum Gasteiger partial charge on any atom is -0.452 e. The number of nitrogens with zero attached hydrogens (tertiary/aromatic N) is 1. The molecular weight excluding hydrogens is 334 g/mol. The maximum Gasteiger partial charge on any atom is 0.338 e. The average Bonchev–Trinajstić information content (AvgIpc) is 2.91. The Morgan fingerprint density at radius 3 is 2.61 bits per heavy atom. The molecule has 0 bridgehead atoms. The third kappa shape index (κ3) is 4.81. The summed E-state index contributed by atoms with van der Waals surface area (Å²) < 4.78 is 5.82. The molecule has 0 atom stereocenters. The maximum atomic E-state index is 12.1. The Balaban J connectivity index is 1.90. The van der Waals surface area contributed by atoms with E-state index in [-0.39, 0.29) is 12.5 Å². The summed E-state index contributed by atoms with van der Waals surface area (Å²) in [6.45, 7) is 3.91. The van der Waals surface area contributed by atoms with Gasteiger partial charge in [-0.05, 0) is 37.6 Å². The van der Waals surface area contributed by atoms with Crippen molar-refractivity contribution in [3.8, 4) is 0 Å². The third-order valence-electron chi connectivity index (χ3n) is 3.39. The van der Waals surface area contributed by atoms with Crippen molar-refractivity contribution in [1.82, 2.24) is 4.90 Å². The highest BCUT2D eigenvalue weighted by atomic mass is 35.5. The van der Waals surface area contributed by atoms with Gasteiger partial charge in [0.15, 0.2) is 6.61 Å². The summed E-state index contributed by atoms with van der Waals surface area (Å²) in [5.41, 5.74) is 2.29. The van der Waals surface area contributed by atoms with Crippen LogP contribution in [0.1, 0.15) is 26.4 Å². The molecular formula is C17H18ClNO3S. The number of likely N-dealkylation sites (N-methyl/N-ethyl adjacent to an activating group) is 1. The number of carbonyl (C=O) groups excluding carboxylic acids is 2. The Labute approximate surface area is 144 Å². The van der Waals surface area contributed by atoms with Crippen molar-refractivity contribution < 1.29 is 14.3 Å². The third-order valence-corrected chi connectivity index (χ3v) is 4.60. The smallest absolute Gasteiger partial charge is 0.338 e. The molecule has 1 aromatic heterocycles. The van der Waals surface area contributed by atoms with Crippen LogP contribution in [0.25, 0.3) is 0 Å². The molecule has 0 fully saturated rings. The van der Waals surface area contributed by atoms with Crippen molar-refractivity contribution in [3.63, 3.8) is 0 Å². The van der Waals surface area contributed by atoms with Gasteiger partial charge in [-0.2, -0.15) is 0 Å². The molecule has 0 aliphatic rings. The molecule has 0 saturated heterocycles. The zero-order chi connectivity index (χ0) is 17.0. The van der Waals surface area contributed by atoms with E-state index < -0.39 is 5.97 Å². The fourth-order valence-electron chi connectivity index (χ4n) is 2.03. The van der Waals surface area contributed by atoms with Crippen LogP contribution in [0, 0.1) is 13.8 Å². The second kappa shape index (κ2) is 7.62. The van der Waals surface area contributed by atoms with Crippen LogP contribution in [-0.4, -0.2) is 30.4 Å². The standard InChI is InChI=1S/C17H18ClNO3S/c1-11-4-5-12(2)14(8-11)17(21)22-10-16(20)19(3)9-13-6-7-15(18)23-13/h4-8H,9-10H2,1-3H3. The second-order valence-electron chi connectivity index (χ2n) is 5.35. The minimum absolute atomic E-state index is 0.256. The minimum atomic E-state index is -0.480. The summed E-state index contributed by atoms with van der Waals surface area (Å²) in [4.78, 5) is 26.7. The lowest BCUT2D eigenvalue weighted by Crippen LogP contribution is -2.30. The Bertz CT molecular complexity index is 726. The number of aryl methyl sites for hydroxylation is 2. The van der Waals surface area contributed by atoms with Gasteiger partial charge in [0.25, 0.3) is 5.91 Å². The predicted molar refractivity (Wildman–Crippen MR) is 92.0 cm³/mol. The van der Waals surface area contributed by atoms with E-state index in [1.165, 1.54) is 16.2 Å². The number of amides is 1. The van der Waals surface area contributed by atoms with Crippen molar-refractivity contribution in [2.24, 2.45) is 0 Å². The molecule has 0 spiro atoms. The van der Waals surface area contributed by atoms with Crippen molar-refractivity contribution in [3.05, 3.63) is 56.2 Å². The van der Waals surface area contributed by atoms with E-state index in [0.29, 0.717) is 16.4 Å². The van der Waals surface area contributed by atoms with E-state index in [9.17, 15) is 9.59 Å². The molecule has 4 nitrogen and oxygen atoms in total. The first-order chi connectivity index (χ1) is 10.9. The van der Waals surface area contributed by atoms with Crippen molar-refractivity contribution in [1.29, 1.82) is 0 Å². The highest BCUT2D eigenvalue weighted by molar-refractivity contribution is 7.16. The Kier molecular flexibility index (Phi) is 5.80. The number of esters is 1. The zero-order valence-electron chi connectivity index (χ0n) is 13.3. The number of carbonyl (C=O) groups is 2. The molecule has 6 heteroatoms. The number of hydrogen-bond acceptors (Lipinski definition) is 4. The summed E-state index contributed by atoms with van der Waals surface area (Å²) in [6, 6.07) is 9.22. The molecule has 0 radical (unpaired) electrons. The largest absolute Gasteiger partial charge is 0.452 e. The average molecular weight is 352 g/mol. The van der Waals surface area contributed by atoms with Gasteiger partial charge in [0.05, 0.1) is 16.4 Å². The Morgan fingerprint density at radius 2 is 1.96 bits per heavy atom. The Hall–Kier alpha value is -1.85. The summed E-state index contributed by atoms with van der Waals surface area (Å²) >= 11 is 7.29. The summed E-state index contributed by atoms with van der Waals surface area (Å²) in [7, 11) is 1.67. The first-order valence-electron chi connectivity index (χ1n) is 7.09. The van der Waals surface area contributed by atoms with Gasteiger partial charge in [0.1, 0.15) is 0 Å². The zero-order valence-corrected chi connectivity index (χ0v) is 14.8. The molecule has 2 aromatic rings. The maximum absolute atomic E-state index is 12.1. The molecule has 122 valence electrons. The summed E-state index contributed by atoms with van der Waals surface area (Å²) in [6.07, 6.45) is 0. The molecule has 0 aliphatic carbocycles. The molecule has 23 heavy (non-hydrogen) atoms. The quantitative estimate of drug-likeness (QED) is 0.769. The van der Waals surface area contributed by atoms with E-state index in [2.05, 4.69) is 0 Å². The fraction of sp³-hybridized carbons (Fsp3) is 0.294. The summed E-state index contributed by atoms with van der Waals surface area (Å²) in [5.74, 6) is -0.736. The van der Waals surface area contributed by atoms with Gasteiger partial charge in [-0.3, -0.25) is 4.79 Å². The predicted octanol–water partition coefficient (Wildman–Crippen LogP) is 3.83. The van der Waals surface area contributed by atoms with E-state index in [1.54, 1.807) is 19.2 Å². The SMILES string of the molecule is Cc1ccc(C)c(C(=O)OCC(=O)N(C)Cc2ccc(Cl)s2)c1. The number of thiophene rings is 1. The van der Waals surface area contributed by atoms with Crippen molar-refractivity contribution >= 4 is 34.8 Å². The first-order valence-corrected chi connectivity index (χ1v) is 8.29. The van der Waals surface area contributed by atoms with Crippen LogP contribution in [0.2, 0.25) is 4.34 Å². The van der Waals surface area contributed by atoms with Crippen molar-refractivity contribution in [2.45, 2.75) is 20.4 Å². The summed E-state index contributed by atoms with van der Waals surface area (Å²) in [5, 5.41) is 0. The van der Waals surface area contributed by atoms with Crippen LogP contribution in [0.15, 0.2) is 30.3 Å². The molecule has 2 rings (SSSR count). The molecule has 0 aliphatic heterocycles. The van der Waals surface area contributed by atoms with Crippen LogP contribution >= 0.6 is 22.9 Å². The molecule has 1 heterocycles. The number of rotatable bonds is 5. The van der Waals surface area contributed by atoms with E-state index >= 15 is 0 Å². The lowest BCUT2D eigenvalue weighted by Gasteiger charge is -2.16. The number of ether oxygens (including phenoxy) is 1. The highest BCUT2D eigenvalue weighted by Crippen LogP contribution is 2.22. The number of benzene rings is 1. The molecule has 0 N–H and O–H groups in total. The van der Waals surface area contributed by atoms with E-state index in [1.807, 2.05) is 32.0 Å². The van der Waals surface area contributed by atoms with Crippen LogP contribution in [0.4, 0.5) is 0 Å². The fourth-order valence-corrected chi connectivity index (χ4v) is 3.17. The number of hydrogen-bond donors (Lipinski definition) is 0. The lowest BCUT2D eigenvalue weighted by atomic mass is 10.1. The van der Waals surface area contributed by atoms with Gasteiger partial charge in [0, 0.05) is 11.9 Å². The molecule has 1 aromatic carbocycles. The van der Waals surface area contributed by atoms with Gasteiger partial charge in [-0.1, -0.05) is 29.3 Å². The monoisotopic (exact) mass is 351 g/mol. The second-order valence-corrected chi connectivity index (χ2v) is 7.15. The van der Waals surface area contributed by atoms with E-state index in [4.69, 9.17) is 16.3 Å². The molecule has 0 unspecified atom stereocenters. The first kappa shape index (κ1) is 17.5. The van der Waals surface area contributed by atoms with Crippen LogP contribution in [0.3, 0.4) is 0 Å². The molecule has 1 amide bonds. The molecule has 0 saturated carbocycles. The topological polar surface area (TPSA) is 46.6 Å². The van der Waals surface area contributed by atoms with E-state index in [0.717, 1.165) is 16.0 Å². The Morgan fingerprint density at radius 1 is 1.22 bits per heavy atom. The van der Waals surface area contributed by atoms with Crippen LogP contribution in [0.5, 0.6) is 0 Å².